The highest BCUT2D eigenvalue weighted by Crippen LogP contribution is 2.27. The van der Waals surface area contributed by atoms with Crippen LogP contribution >= 0.6 is 11.6 Å². The van der Waals surface area contributed by atoms with Gasteiger partial charge in [0.1, 0.15) is 13.7 Å². The Balaban J connectivity index is 2.33. The summed E-state index contributed by atoms with van der Waals surface area (Å²) in [6.45, 7) is 1.55. The Morgan fingerprint density at radius 3 is 2.74 bits per heavy atom. The van der Waals surface area contributed by atoms with Crippen molar-refractivity contribution in [2.75, 3.05) is 5.73 Å². The molecule has 7 nitrogen and oxygen atoms in total. The van der Waals surface area contributed by atoms with Gasteiger partial charge in [0.2, 0.25) is 11.8 Å². The van der Waals surface area contributed by atoms with E-state index in [1.807, 2.05) is 0 Å². The fraction of sp³-hybridized carbons (Fsp3) is 0.286. The molecule has 1 aromatic carbocycles. The summed E-state index contributed by atoms with van der Waals surface area (Å²) in [5.74, 6) is -0.939. The molecule has 23 heavy (non-hydrogen) atoms. The second-order valence-corrected chi connectivity index (χ2v) is 5.93. The van der Waals surface area contributed by atoms with Gasteiger partial charge in [0.05, 0.1) is 16.3 Å². The number of piperidine rings is 1. The molecule has 1 aliphatic heterocycles. The van der Waals surface area contributed by atoms with E-state index >= 15 is 0 Å². The lowest BCUT2D eigenvalue weighted by atomic mass is 9.71. The van der Waals surface area contributed by atoms with Crippen LogP contribution in [0.15, 0.2) is 16.9 Å². The van der Waals surface area contributed by atoms with Gasteiger partial charge in [-0.2, -0.15) is 0 Å². The first-order valence-electron chi connectivity index (χ1n) is 6.86. The number of carbonyl (C=O) groups is 2. The highest BCUT2D eigenvalue weighted by molar-refractivity contribution is 6.32. The van der Waals surface area contributed by atoms with Gasteiger partial charge >= 0.3 is 0 Å². The number of aryl methyl sites for hydroxylation is 1. The van der Waals surface area contributed by atoms with Crippen LogP contribution in [-0.4, -0.2) is 29.2 Å². The van der Waals surface area contributed by atoms with Crippen LogP contribution < -0.4 is 16.6 Å². The quantitative estimate of drug-likeness (QED) is 0.441. The molecule has 0 saturated carbocycles. The molecule has 3 rings (SSSR count). The maximum atomic E-state index is 12.9. The van der Waals surface area contributed by atoms with Gasteiger partial charge in [-0.15, -0.1) is 0 Å². The molecule has 2 radical (unpaired) electrons. The fourth-order valence-corrected chi connectivity index (χ4v) is 3.04. The first-order chi connectivity index (χ1) is 10.7. The monoisotopic (exact) mass is 330 g/mol. The zero-order valence-corrected chi connectivity index (χ0v) is 13.0. The maximum Gasteiger partial charge on any atom is 0.263 e. The predicted octanol–water partition coefficient (Wildman–Crippen LogP) is 0.198. The maximum absolute atomic E-state index is 12.9. The Morgan fingerprint density at radius 2 is 2.09 bits per heavy atom. The van der Waals surface area contributed by atoms with E-state index in [1.165, 1.54) is 12.1 Å². The lowest BCUT2D eigenvalue weighted by molar-refractivity contribution is -0.137. The predicted molar refractivity (Wildman–Crippen MR) is 86.3 cm³/mol. The highest BCUT2D eigenvalue weighted by Gasteiger charge is 2.41. The minimum absolute atomic E-state index is 0.000898. The molecule has 1 unspecified atom stereocenters. The van der Waals surface area contributed by atoms with E-state index in [2.05, 4.69) is 10.3 Å². The summed E-state index contributed by atoms with van der Waals surface area (Å²) in [6, 6.07) is 2.94. The molecule has 2 heterocycles. The number of rotatable bonds is 1. The van der Waals surface area contributed by atoms with Crippen LogP contribution in [0, 0.1) is 6.92 Å². The van der Waals surface area contributed by atoms with Gasteiger partial charge in [0.15, 0.2) is 0 Å². The molecule has 1 fully saturated rings. The number of hydrogen-bond acceptors (Lipinski definition) is 5. The smallest absolute Gasteiger partial charge is 0.263 e. The second-order valence-electron chi connectivity index (χ2n) is 5.49. The Hall–Kier alpha value is -2.35. The molecule has 1 atom stereocenters. The normalized spacial score (nSPS) is 21.5. The number of fused-ring (bicyclic) bond motifs is 1. The lowest BCUT2D eigenvalue weighted by Gasteiger charge is -2.35. The van der Waals surface area contributed by atoms with Gasteiger partial charge in [0.25, 0.3) is 5.56 Å². The third-order valence-corrected chi connectivity index (χ3v) is 4.13. The average Bonchev–Trinajstić information content (AvgIpc) is 2.42. The number of anilines is 1. The zero-order valence-electron chi connectivity index (χ0n) is 12.2. The van der Waals surface area contributed by atoms with Crippen LogP contribution in [0.3, 0.4) is 0 Å². The number of halogens is 1. The highest BCUT2D eigenvalue weighted by atomic mass is 35.5. The molecule has 1 aromatic heterocycles. The molecule has 1 aliphatic rings. The number of benzene rings is 1. The zero-order chi connectivity index (χ0) is 16.9. The molecule has 0 bridgehead atoms. The summed E-state index contributed by atoms with van der Waals surface area (Å²) in [7, 11) is 6.15. The SMILES string of the molecule is [B]C1(n2c(C)nc3cc(Cl)cc(N)c3c2=O)CCC(=O)NC1=O. The Bertz CT molecular complexity index is 926. The number of imide groups is 1. The Labute approximate surface area is 137 Å². The molecule has 2 amide bonds. The Kier molecular flexibility index (Phi) is 3.44. The van der Waals surface area contributed by atoms with Crippen molar-refractivity contribution in [2.24, 2.45) is 0 Å². The molecular formula is C14H12BClN4O3. The minimum atomic E-state index is -1.69. The number of nitrogens with one attached hydrogen (secondary N) is 1. The van der Waals surface area contributed by atoms with E-state index in [9.17, 15) is 14.4 Å². The van der Waals surface area contributed by atoms with Crippen molar-refractivity contribution in [3.05, 3.63) is 33.3 Å². The number of nitrogen functional groups attached to an aromatic ring is 1. The third-order valence-electron chi connectivity index (χ3n) is 3.91. The van der Waals surface area contributed by atoms with Crippen molar-refractivity contribution in [3.63, 3.8) is 0 Å². The standard InChI is InChI=1S/C14H12BClN4O3/c1-6-18-9-5-7(16)4-8(17)11(9)12(22)20(6)14(15)3-2-10(21)19-13(14)23/h4-5H,2-3,17H2,1H3,(H,19,21,23). The number of hydrogen-bond donors (Lipinski definition) is 2. The van der Waals surface area contributed by atoms with Crippen LogP contribution in [0.4, 0.5) is 5.69 Å². The molecule has 2 aromatic rings. The van der Waals surface area contributed by atoms with Gasteiger partial charge in [-0.25, -0.2) is 4.98 Å². The van der Waals surface area contributed by atoms with Gasteiger partial charge in [-0.1, -0.05) is 11.6 Å². The van der Waals surface area contributed by atoms with Crippen molar-refractivity contribution < 1.29 is 9.59 Å². The van der Waals surface area contributed by atoms with Gasteiger partial charge in [0, 0.05) is 17.1 Å². The van der Waals surface area contributed by atoms with Crippen molar-refractivity contribution in [3.8, 4) is 0 Å². The van der Waals surface area contributed by atoms with Crippen LogP contribution in [0.25, 0.3) is 10.9 Å². The number of nitrogens with two attached hydrogens (primary N) is 1. The average molecular weight is 331 g/mol. The summed E-state index contributed by atoms with van der Waals surface area (Å²) in [6.07, 6.45) is 0.0291. The van der Waals surface area contributed by atoms with Crippen LogP contribution in [0.1, 0.15) is 18.7 Å². The molecule has 116 valence electrons. The van der Waals surface area contributed by atoms with Crippen LogP contribution in [0.2, 0.25) is 5.02 Å². The van der Waals surface area contributed by atoms with Crippen LogP contribution in [0.5, 0.6) is 0 Å². The largest absolute Gasteiger partial charge is 0.398 e. The van der Waals surface area contributed by atoms with Crippen molar-refractivity contribution in [2.45, 2.75) is 25.2 Å². The summed E-state index contributed by atoms with van der Waals surface area (Å²) in [5.41, 5.74) is 4.10. The summed E-state index contributed by atoms with van der Waals surface area (Å²) < 4.78 is 1.08. The first-order valence-corrected chi connectivity index (χ1v) is 7.24. The van der Waals surface area contributed by atoms with Crippen molar-refractivity contribution >= 4 is 47.9 Å². The van der Waals surface area contributed by atoms with Crippen molar-refractivity contribution in [1.82, 2.24) is 14.9 Å². The second kappa shape index (κ2) is 5.09. The van der Waals surface area contributed by atoms with Crippen LogP contribution in [-0.2, 0) is 15.0 Å². The molecule has 0 spiro atoms. The molecular weight excluding hydrogens is 318 g/mol. The van der Waals surface area contributed by atoms with Gasteiger partial charge in [-0.3, -0.25) is 24.3 Å². The molecule has 0 aliphatic carbocycles. The number of carbonyl (C=O) groups excluding carboxylic acids is 2. The van der Waals surface area contributed by atoms with E-state index in [0.717, 1.165) is 4.57 Å². The first kappa shape index (κ1) is 15.5. The Morgan fingerprint density at radius 1 is 1.39 bits per heavy atom. The number of nitrogens with zero attached hydrogens (tertiary/aromatic N) is 2. The van der Waals surface area contributed by atoms with E-state index in [4.69, 9.17) is 25.2 Å². The van der Waals surface area contributed by atoms with Gasteiger partial charge < -0.3 is 5.73 Å². The van der Waals surface area contributed by atoms with E-state index in [-0.39, 0.29) is 29.7 Å². The molecule has 3 N–H and O–H groups in total. The summed E-state index contributed by atoms with van der Waals surface area (Å²) in [5, 5.41) is 2.64. The van der Waals surface area contributed by atoms with E-state index in [1.54, 1.807) is 6.92 Å². The van der Waals surface area contributed by atoms with E-state index in [0.29, 0.717) is 10.5 Å². The lowest BCUT2D eigenvalue weighted by Crippen LogP contribution is -2.58. The third kappa shape index (κ3) is 2.30. The molecule has 9 heteroatoms. The minimum Gasteiger partial charge on any atom is -0.398 e. The number of aromatic nitrogens is 2. The van der Waals surface area contributed by atoms with E-state index < -0.39 is 22.8 Å². The van der Waals surface area contributed by atoms with Crippen molar-refractivity contribution in [1.29, 1.82) is 0 Å². The topological polar surface area (TPSA) is 107 Å². The van der Waals surface area contributed by atoms with Gasteiger partial charge in [-0.05, 0) is 25.5 Å². The summed E-state index contributed by atoms with van der Waals surface area (Å²) >= 11 is 5.93. The fourth-order valence-electron chi connectivity index (χ4n) is 2.82. The summed E-state index contributed by atoms with van der Waals surface area (Å²) in [4.78, 5) is 40.7. The number of amides is 2. The molecule has 1 saturated heterocycles.